The van der Waals surface area contributed by atoms with Gasteiger partial charge in [-0.2, -0.15) is 13.2 Å². The predicted molar refractivity (Wildman–Crippen MR) is 125 cm³/mol. The second-order valence-electron chi connectivity index (χ2n) is 8.46. The van der Waals surface area contributed by atoms with Crippen LogP contribution in [0.2, 0.25) is 0 Å². The summed E-state index contributed by atoms with van der Waals surface area (Å²) in [6.45, 7) is 1.09. The van der Waals surface area contributed by atoms with E-state index in [-0.39, 0.29) is 17.7 Å². The Hall–Kier alpha value is -3.20. The summed E-state index contributed by atoms with van der Waals surface area (Å²) in [6.07, 6.45) is -2.94. The van der Waals surface area contributed by atoms with Crippen molar-refractivity contribution < 1.29 is 22.8 Å². The van der Waals surface area contributed by atoms with Gasteiger partial charge in [-0.05, 0) is 42.2 Å². The number of rotatable bonds is 4. The van der Waals surface area contributed by atoms with Crippen LogP contribution in [0.15, 0.2) is 53.9 Å². The van der Waals surface area contributed by atoms with E-state index in [1.807, 2.05) is 0 Å². The molecule has 0 atom stereocenters. The van der Waals surface area contributed by atoms with Gasteiger partial charge in [0.05, 0.1) is 10.6 Å². The van der Waals surface area contributed by atoms with Crippen molar-refractivity contribution in [2.75, 3.05) is 27.2 Å². The fraction of sp³-hybridized carbons (Fsp3) is 0.320. The van der Waals surface area contributed by atoms with Crippen molar-refractivity contribution in [2.24, 2.45) is 0 Å². The van der Waals surface area contributed by atoms with Crippen molar-refractivity contribution in [1.82, 2.24) is 14.8 Å². The molecular weight excluding hydrogens is 463 g/mol. The van der Waals surface area contributed by atoms with Crippen molar-refractivity contribution >= 4 is 23.2 Å². The molecule has 1 saturated heterocycles. The first-order chi connectivity index (χ1) is 16.1. The summed E-state index contributed by atoms with van der Waals surface area (Å²) in [5, 5.41) is 2.68. The van der Waals surface area contributed by atoms with Crippen LogP contribution in [0.3, 0.4) is 0 Å². The topological polar surface area (TPSA) is 53.5 Å². The van der Waals surface area contributed by atoms with E-state index in [1.54, 1.807) is 48.6 Å². The first-order valence-electron chi connectivity index (χ1n) is 10.9. The predicted octanol–water partition coefficient (Wildman–Crippen LogP) is 5.55. The molecule has 4 rings (SSSR count). The number of carbonyl (C=O) groups is 2. The number of aromatic nitrogens is 1. The van der Waals surface area contributed by atoms with Gasteiger partial charge in [0.15, 0.2) is 0 Å². The van der Waals surface area contributed by atoms with Crippen molar-refractivity contribution in [2.45, 2.75) is 24.9 Å². The van der Waals surface area contributed by atoms with Gasteiger partial charge in [0, 0.05) is 44.0 Å². The van der Waals surface area contributed by atoms with E-state index in [0.717, 1.165) is 30.0 Å². The lowest BCUT2D eigenvalue weighted by Crippen LogP contribution is -2.38. The molecule has 2 heterocycles. The lowest BCUT2D eigenvalue weighted by Gasteiger charge is -2.31. The molecule has 1 aliphatic heterocycles. The van der Waals surface area contributed by atoms with Gasteiger partial charge in [-0.25, -0.2) is 4.98 Å². The van der Waals surface area contributed by atoms with E-state index in [1.165, 1.54) is 28.4 Å². The Labute approximate surface area is 199 Å². The molecule has 0 saturated carbocycles. The van der Waals surface area contributed by atoms with E-state index in [2.05, 4.69) is 4.98 Å². The molecule has 5 nitrogen and oxygen atoms in total. The molecule has 1 fully saturated rings. The number of hydrogen-bond donors (Lipinski definition) is 0. The quantitative estimate of drug-likeness (QED) is 0.485. The average Bonchev–Trinajstić information content (AvgIpc) is 3.33. The molecule has 0 unspecified atom stereocenters. The van der Waals surface area contributed by atoms with Crippen LogP contribution in [0.4, 0.5) is 13.2 Å². The third-order valence-electron chi connectivity index (χ3n) is 5.96. The zero-order valence-electron chi connectivity index (χ0n) is 18.8. The highest BCUT2D eigenvalue weighted by Crippen LogP contribution is 2.34. The zero-order chi connectivity index (χ0) is 24.5. The third-order valence-corrected chi connectivity index (χ3v) is 6.97. The minimum atomic E-state index is -4.41. The Morgan fingerprint density at radius 2 is 1.68 bits per heavy atom. The molecule has 3 aromatic rings. The van der Waals surface area contributed by atoms with E-state index in [4.69, 9.17) is 0 Å². The normalized spacial score (nSPS) is 14.8. The van der Waals surface area contributed by atoms with Crippen LogP contribution in [0, 0.1) is 0 Å². The van der Waals surface area contributed by atoms with Gasteiger partial charge >= 0.3 is 6.18 Å². The maximum Gasteiger partial charge on any atom is 0.416 e. The second-order valence-corrected chi connectivity index (χ2v) is 9.35. The number of nitrogens with zero attached hydrogens (tertiary/aromatic N) is 3. The standard InChI is InChI=1S/C25H24F3N3O2S/c1-30(2)24(33)21-15-34-22(29-21)17-11-13-31(14-12-17)23(32)20-6-4-3-5-19(20)16-7-9-18(10-8-16)25(26,27)28/h3-10,15,17H,11-14H2,1-2H3. The average molecular weight is 488 g/mol. The first kappa shape index (κ1) is 23.9. The number of amides is 2. The summed E-state index contributed by atoms with van der Waals surface area (Å²) in [6, 6.07) is 11.9. The number of alkyl halides is 3. The van der Waals surface area contributed by atoms with Crippen LogP contribution < -0.4 is 0 Å². The summed E-state index contributed by atoms with van der Waals surface area (Å²) >= 11 is 1.47. The third kappa shape index (κ3) is 4.99. The second kappa shape index (κ2) is 9.58. The summed E-state index contributed by atoms with van der Waals surface area (Å²) in [5.41, 5.74) is 1.35. The molecule has 178 valence electrons. The fourth-order valence-electron chi connectivity index (χ4n) is 4.06. The highest BCUT2D eigenvalue weighted by molar-refractivity contribution is 7.09. The Morgan fingerprint density at radius 3 is 2.29 bits per heavy atom. The minimum absolute atomic E-state index is 0.130. The van der Waals surface area contributed by atoms with Crippen molar-refractivity contribution in [3.05, 3.63) is 75.7 Å². The van der Waals surface area contributed by atoms with Crippen LogP contribution in [-0.2, 0) is 6.18 Å². The molecule has 0 N–H and O–H groups in total. The smallest absolute Gasteiger partial charge is 0.343 e. The molecule has 34 heavy (non-hydrogen) atoms. The molecule has 0 bridgehead atoms. The molecule has 0 radical (unpaired) electrons. The minimum Gasteiger partial charge on any atom is -0.343 e. The Morgan fingerprint density at radius 1 is 1.03 bits per heavy atom. The molecule has 9 heteroatoms. The number of piperidine rings is 1. The monoisotopic (exact) mass is 487 g/mol. The number of halogens is 3. The lowest BCUT2D eigenvalue weighted by molar-refractivity contribution is -0.137. The van der Waals surface area contributed by atoms with Crippen molar-refractivity contribution in [3.63, 3.8) is 0 Å². The van der Waals surface area contributed by atoms with Crippen LogP contribution in [0.25, 0.3) is 11.1 Å². The summed E-state index contributed by atoms with van der Waals surface area (Å²) < 4.78 is 38.8. The SMILES string of the molecule is CN(C)C(=O)c1csc(C2CCN(C(=O)c3ccccc3-c3ccc(C(F)(F)F)cc3)CC2)n1. The van der Waals surface area contributed by atoms with Gasteiger partial charge in [-0.1, -0.05) is 30.3 Å². The number of carbonyl (C=O) groups excluding carboxylic acids is 2. The molecular formula is C25H24F3N3O2S. The van der Waals surface area contributed by atoms with Gasteiger partial charge in [-0.3, -0.25) is 9.59 Å². The van der Waals surface area contributed by atoms with Gasteiger partial charge in [0.25, 0.3) is 11.8 Å². The van der Waals surface area contributed by atoms with E-state index in [9.17, 15) is 22.8 Å². The number of benzene rings is 2. The largest absolute Gasteiger partial charge is 0.416 e. The number of hydrogen-bond acceptors (Lipinski definition) is 4. The van der Waals surface area contributed by atoms with E-state index in [0.29, 0.717) is 35.5 Å². The molecule has 0 spiro atoms. The molecule has 1 aliphatic rings. The van der Waals surface area contributed by atoms with E-state index < -0.39 is 11.7 Å². The fourth-order valence-corrected chi connectivity index (χ4v) is 5.03. The van der Waals surface area contributed by atoms with Gasteiger partial charge in [0.2, 0.25) is 0 Å². The maximum atomic E-state index is 13.3. The van der Waals surface area contributed by atoms with Gasteiger partial charge in [-0.15, -0.1) is 11.3 Å². The Bertz CT molecular complexity index is 1180. The van der Waals surface area contributed by atoms with Crippen LogP contribution >= 0.6 is 11.3 Å². The molecule has 2 amide bonds. The zero-order valence-corrected chi connectivity index (χ0v) is 19.6. The first-order valence-corrected chi connectivity index (χ1v) is 11.8. The van der Waals surface area contributed by atoms with Gasteiger partial charge < -0.3 is 9.80 Å². The van der Waals surface area contributed by atoms with Crippen LogP contribution in [0.1, 0.15) is 50.2 Å². The summed E-state index contributed by atoms with van der Waals surface area (Å²) in [5.74, 6) is -0.0885. The number of likely N-dealkylation sites (tertiary alicyclic amines) is 1. The van der Waals surface area contributed by atoms with Crippen molar-refractivity contribution in [3.8, 4) is 11.1 Å². The lowest BCUT2D eigenvalue weighted by atomic mass is 9.94. The summed E-state index contributed by atoms with van der Waals surface area (Å²) in [4.78, 5) is 33.2. The number of thiazole rings is 1. The van der Waals surface area contributed by atoms with Crippen LogP contribution in [0.5, 0.6) is 0 Å². The molecule has 0 aliphatic carbocycles. The highest BCUT2D eigenvalue weighted by atomic mass is 32.1. The Balaban J connectivity index is 1.47. The molecule has 2 aromatic carbocycles. The van der Waals surface area contributed by atoms with Crippen molar-refractivity contribution in [1.29, 1.82) is 0 Å². The maximum absolute atomic E-state index is 13.3. The van der Waals surface area contributed by atoms with Crippen LogP contribution in [-0.4, -0.2) is 53.8 Å². The van der Waals surface area contributed by atoms with Gasteiger partial charge in [0.1, 0.15) is 5.69 Å². The molecule has 1 aromatic heterocycles. The highest BCUT2D eigenvalue weighted by Gasteiger charge is 2.31. The van der Waals surface area contributed by atoms with E-state index >= 15 is 0 Å². The Kier molecular flexibility index (Phi) is 6.74. The summed E-state index contributed by atoms with van der Waals surface area (Å²) in [7, 11) is 3.38.